The highest BCUT2D eigenvalue weighted by Gasteiger charge is 2.40. The first-order valence-electron chi connectivity index (χ1n) is 14.3. The third-order valence-electron chi connectivity index (χ3n) is 8.20. The standard InChI is InChI=1S/C28H31ClF3N9O3/c1-38-22(20-14-41(18-3-4-18)37-23(20)28(30,31)32)13-34-24(38)25(42)35-16-2-5-19(21(29)12-16)26(43)39-6-8-40(9-7-39)27(44)36-17-10-15(33)11-17/h2,5,12-15,17-18H,3-4,6-11,33H2,1H3,(H,35,42)(H,36,44)/t15-,17+. The van der Waals surface area contributed by atoms with Crippen LogP contribution < -0.4 is 16.4 Å². The van der Waals surface area contributed by atoms with Gasteiger partial charge in [-0.25, -0.2) is 9.78 Å². The lowest BCUT2D eigenvalue weighted by Crippen LogP contribution is -2.57. The number of carbonyl (C=O) groups excluding carboxylic acids is 3. The molecule has 0 spiro atoms. The Morgan fingerprint density at radius 2 is 1.75 bits per heavy atom. The molecule has 1 saturated heterocycles. The second-order valence-electron chi connectivity index (χ2n) is 11.4. The van der Waals surface area contributed by atoms with E-state index in [2.05, 4.69) is 20.7 Å². The molecule has 0 atom stereocenters. The van der Waals surface area contributed by atoms with Crippen LogP contribution in [0.4, 0.5) is 23.7 Å². The highest BCUT2D eigenvalue weighted by molar-refractivity contribution is 6.34. The van der Waals surface area contributed by atoms with Crippen LogP contribution in [0.2, 0.25) is 5.02 Å². The Labute approximate surface area is 255 Å². The van der Waals surface area contributed by atoms with Gasteiger partial charge in [-0.05, 0) is 43.9 Å². The molecule has 3 heterocycles. The van der Waals surface area contributed by atoms with Crippen molar-refractivity contribution in [2.24, 2.45) is 12.8 Å². The van der Waals surface area contributed by atoms with Crippen LogP contribution in [0.15, 0.2) is 30.6 Å². The number of anilines is 1. The fourth-order valence-corrected chi connectivity index (χ4v) is 5.73. The van der Waals surface area contributed by atoms with Gasteiger partial charge in [0.05, 0.1) is 34.1 Å². The molecular weight excluding hydrogens is 603 g/mol. The molecule has 12 nitrogen and oxygen atoms in total. The number of rotatable bonds is 6. The van der Waals surface area contributed by atoms with E-state index in [1.165, 1.54) is 46.9 Å². The lowest BCUT2D eigenvalue weighted by molar-refractivity contribution is -0.141. The number of piperazine rings is 1. The summed E-state index contributed by atoms with van der Waals surface area (Å²) in [5.74, 6) is -1.10. The Kier molecular flexibility index (Phi) is 7.78. The lowest BCUT2D eigenvalue weighted by atomic mass is 9.88. The minimum atomic E-state index is -4.68. The second kappa shape index (κ2) is 11.4. The number of halogens is 4. The summed E-state index contributed by atoms with van der Waals surface area (Å²) in [6.07, 6.45) is 0.917. The van der Waals surface area contributed by atoms with Gasteiger partial charge in [-0.1, -0.05) is 11.6 Å². The maximum absolute atomic E-state index is 13.7. The summed E-state index contributed by atoms with van der Waals surface area (Å²) in [6, 6.07) is 4.42. The summed E-state index contributed by atoms with van der Waals surface area (Å²) < 4.78 is 43.8. The van der Waals surface area contributed by atoms with E-state index in [1.807, 2.05) is 0 Å². The van der Waals surface area contributed by atoms with Gasteiger partial charge in [0, 0.05) is 57.2 Å². The Morgan fingerprint density at radius 3 is 2.36 bits per heavy atom. The van der Waals surface area contributed by atoms with Gasteiger partial charge in [0.15, 0.2) is 11.5 Å². The van der Waals surface area contributed by atoms with Crippen LogP contribution in [-0.2, 0) is 13.2 Å². The van der Waals surface area contributed by atoms with Crippen LogP contribution in [0.5, 0.6) is 0 Å². The lowest BCUT2D eigenvalue weighted by Gasteiger charge is -2.38. The van der Waals surface area contributed by atoms with E-state index in [9.17, 15) is 27.6 Å². The van der Waals surface area contributed by atoms with Gasteiger partial charge < -0.3 is 30.7 Å². The summed E-state index contributed by atoms with van der Waals surface area (Å²) in [4.78, 5) is 46.0. The monoisotopic (exact) mass is 633 g/mol. The maximum Gasteiger partial charge on any atom is 0.435 e. The van der Waals surface area contributed by atoms with Crippen molar-refractivity contribution in [3.05, 3.63) is 52.7 Å². The predicted molar refractivity (Wildman–Crippen MR) is 154 cm³/mol. The number of hydrogen-bond acceptors (Lipinski definition) is 6. The highest BCUT2D eigenvalue weighted by atomic mass is 35.5. The molecule has 6 rings (SSSR count). The summed E-state index contributed by atoms with van der Waals surface area (Å²) in [5.41, 5.74) is 5.19. The average Bonchev–Trinajstić information content (AvgIpc) is 3.59. The molecule has 4 amide bonds. The molecule has 1 aliphatic heterocycles. The topological polar surface area (TPSA) is 143 Å². The zero-order valence-corrected chi connectivity index (χ0v) is 24.5. The van der Waals surface area contributed by atoms with Crippen LogP contribution >= 0.6 is 11.6 Å². The van der Waals surface area contributed by atoms with E-state index in [0.717, 1.165) is 25.7 Å². The van der Waals surface area contributed by atoms with E-state index in [0.29, 0.717) is 26.2 Å². The predicted octanol–water partition coefficient (Wildman–Crippen LogP) is 3.50. The zero-order chi connectivity index (χ0) is 31.3. The Balaban J connectivity index is 1.09. The van der Waals surface area contributed by atoms with Crippen LogP contribution in [0.3, 0.4) is 0 Å². The molecule has 2 aliphatic carbocycles. The summed E-state index contributed by atoms with van der Waals surface area (Å²) in [6.45, 7) is 1.42. The average molecular weight is 634 g/mol. The molecule has 0 bridgehead atoms. The molecule has 0 unspecified atom stereocenters. The molecule has 3 aliphatic rings. The van der Waals surface area contributed by atoms with Crippen LogP contribution in [0, 0.1) is 0 Å². The Morgan fingerprint density at radius 1 is 1.07 bits per heavy atom. The van der Waals surface area contributed by atoms with E-state index in [4.69, 9.17) is 17.3 Å². The third-order valence-corrected chi connectivity index (χ3v) is 8.51. The number of alkyl halides is 3. The van der Waals surface area contributed by atoms with Crippen molar-refractivity contribution < 1.29 is 27.6 Å². The quantitative estimate of drug-likeness (QED) is 0.379. The van der Waals surface area contributed by atoms with Crippen molar-refractivity contribution in [1.29, 1.82) is 0 Å². The molecule has 0 radical (unpaired) electrons. The van der Waals surface area contributed by atoms with E-state index in [1.54, 1.807) is 9.80 Å². The fourth-order valence-electron chi connectivity index (χ4n) is 5.47. The van der Waals surface area contributed by atoms with Crippen molar-refractivity contribution >= 4 is 35.1 Å². The van der Waals surface area contributed by atoms with Crippen LogP contribution in [0.25, 0.3) is 11.3 Å². The van der Waals surface area contributed by atoms with E-state index in [-0.39, 0.29) is 63.4 Å². The number of benzene rings is 1. The summed E-state index contributed by atoms with van der Waals surface area (Å²) >= 11 is 6.43. The number of imidazole rings is 1. The maximum atomic E-state index is 13.7. The van der Waals surface area contributed by atoms with Crippen molar-refractivity contribution in [3.8, 4) is 11.3 Å². The van der Waals surface area contributed by atoms with Gasteiger partial charge in [0.2, 0.25) is 0 Å². The highest BCUT2D eigenvalue weighted by Crippen LogP contribution is 2.41. The smallest absolute Gasteiger partial charge is 0.335 e. The largest absolute Gasteiger partial charge is 0.435 e. The van der Waals surface area contributed by atoms with Gasteiger partial charge in [0.1, 0.15) is 0 Å². The van der Waals surface area contributed by atoms with Gasteiger partial charge in [0.25, 0.3) is 11.8 Å². The number of amides is 4. The SMILES string of the molecule is Cn1c(-c2cn(C3CC3)nc2C(F)(F)F)cnc1C(=O)Nc1ccc(C(=O)N2CCN(C(=O)N[C@H]3C[C@@H](N)C3)CC2)c(Cl)c1. The third kappa shape index (κ3) is 5.98. The number of carbonyl (C=O) groups is 3. The summed E-state index contributed by atoms with van der Waals surface area (Å²) in [7, 11) is 1.45. The van der Waals surface area contributed by atoms with Gasteiger partial charge in [-0.2, -0.15) is 18.3 Å². The van der Waals surface area contributed by atoms with Gasteiger partial charge in [-0.15, -0.1) is 0 Å². The molecular formula is C28H31ClF3N9O3. The van der Waals surface area contributed by atoms with E-state index < -0.39 is 17.8 Å². The molecule has 234 valence electrons. The Hall–Kier alpha value is -4.11. The first-order valence-corrected chi connectivity index (χ1v) is 14.7. The number of nitrogens with two attached hydrogens (primary N) is 1. The zero-order valence-electron chi connectivity index (χ0n) is 23.8. The number of hydrogen-bond donors (Lipinski definition) is 3. The van der Waals surface area contributed by atoms with Crippen molar-refractivity contribution in [3.63, 3.8) is 0 Å². The number of nitrogens with zero attached hydrogens (tertiary/aromatic N) is 6. The van der Waals surface area contributed by atoms with Crippen molar-refractivity contribution in [2.75, 3.05) is 31.5 Å². The summed E-state index contributed by atoms with van der Waals surface area (Å²) in [5, 5.41) is 9.46. The second-order valence-corrected chi connectivity index (χ2v) is 11.8. The van der Waals surface area contributed by atoms with Crippen LogP contribution in [-0.4, -0.2) is 85.2 Å². The minimum absolute atomic E-state index is 0.0616. The van der Waals surface area contributed by atoms with Gasteiger partial charge >= 0.3 is 12.2 Å². The number of nitrogens with one attached hydrogen (secondary N) is 2. The first-order chi connectivity index (χ1) is 20.9. The molecule has 16 heteroatoms. The van der Waals surface area contributed by atoms with Gasteiger partial charge in [-0.3, -0.25) is 14.3 Å². The Bertz CT molecular complexity index is 1600. The molecule has 2 saturated carbocycles. The molecule has 44 heavy (non-hydrogen) atoms. The fraction of sp³-hybridized carbons (Fsp3) is 0.464. The normalized spacial score (nSPS) is 20.3. The number of urea groups is 1. The van der Waals surface area contributed by atoms with Crippen LogP contribution in [0.1, 0.15) is 58.4 Å². The first kappa shape index (κ1) is 29.9. The molecule has 2 aromatic heterocycles. The molecule has 3 aromatic rings. The van der Waals surface area contributed by atoms with E-state index >= 15 is 0 Å². The number of aromatic nitrogens is 4. The molecule has 3 fully saturated rings. The minimum Gasteiger partial charge on any atom is -0.335 e. The molecule has 1 aromatic carbocycles. The molecule has 4 N–H and O–H groups in total. The van der Waals surface area contributed by atoms with Crippen molar-refractivity contribution in [1.82, 2.24) is 34.4 Å². The van der Waals surface area contributed by atoms with Crippen molar-refractivity contribution in [2.45, 2.75) is 50.0 Å².